The number of amides is 2. The van der Waals surface area contributed by atoms with Crippen molar-refractivity contribution in [1.29, 1.82) is 0 Å². The first-order chi connectivity index (χ1) is 13.1. The van der Waals surface area contributed by atoms with Crippen LogP contribution in [0.15, 0.2) is 12.2 Å². The van der Waals surface area contributed by atoms with Crippen molar-refractivity contribution in [2.24, 2.45) is 23.7 Å². The number of rotatable bonds is 12. The van der Waals surface area contributed by atoms with E-state index in [1.165, 1.54) is 11.8 Å². The molecule has 0 spiro atoms. The zero-order valence-corrected chi connectivity index (χ0v) is 15.6. The molecule has 0 radical (unpaired) electrons. The number of fused-ring (bicyclic) bond motifs is 5. The van der Waals surface area contributed by atoms with Gasteiger partial charge in [0.05, 0.1) is 58.0 Å². The molecular formula is C19H27NO7. The summed E-state index contributed by atoms with van der Waals surface area (Å²) in [7, 11) is 0. The van der Waals surface area contributed by atoms with Crippen molar-refractivity contribution in [2.45, 2.75) is 13.3 Å². The average Bonchev–Trinajstić information content (AvgIpc) is 3.31. The van der Waals surface area contributed by atoms with Crippen LogP contribution in [0.4, 0.5) is 0 Å². The molecular weight excluding hydrogens is 354 g/mol. The molecule has 8 heteroatoms. The number of carbonyl (C=O) groups is 3. The second-order valence-corrected chi connectivity index (χ2v) is 7.01. The maximum absolute atomic E-state index is 12.5. The van der Waals surface area contributed by atoms with Gasteiger partial charge in [0, 0.05) is 6.92 Å². The van der Waals surface area contributed by atoms with Crippen LogP contribution in [0.5, 0.6) is 0 Å². The molecule has 27 heavy (non-hydrogen) atoms. The maximum Gasteiger partial charge on any atom is 0.302 e. The highest BCUT2D eigenvalue weighted by atomic mass is 16.6. The Morgan fingerprint density at radius 3 is 1.89 bits per heavy atom. The number of ether oxygens (including phenoxy) is 4. The first-order valence-electron chi connectivity index (χ1n) is 9.49. The first kappa shape index (κ1) is 20.0. The summed E-state index contributed by atoms with van der Waals surface area (Å²) in [5, 5.41) is 0. The predicted molar refractivity (Wildman–Crippen MR) is 93.5 cm³/mol. The number of likely N-dealkylation sites (tertiary alicyclic amines) is 1. The minimum absolute atomic E-state index is 0.0346. The van der Waals surface area contributed by atoms with Gasteiger partial charge in [-0.1, -0.05) is 12.2 Å². The molecule has 0 unspecified atom stereocenters. The van der Waals surface area contributed by atoms with Crippen LogP contribution in [0.1, 0.15) is 13.3 Å². The van der Waals surface area contributed by atoms with Crippen LogP contribution in [0, 0.1) is 23.7 Å². The zero-order valence-electron chi connectivity index (χ0n) is 15.6. The number of carbonyl (C=O) groups excluding carboxylic acids is 3. The van der Waals surface area contributed by atoms with E-state index < -0.39 is 0 Å². The third-order valence-electron chi connectivity index (χ3n) is 5.30. The molecule has 150 valence electrons. The van der Waals surface area contributed by atoms with E-state index in [1.54, 1.807) is 0 Å². The van der Waals surface area contributed by atoms with Gasteiger partial charge in [0.15, 0.2) is 0 Å². The van der Waals surface area contributed by atoms with Gasteiger partial charge in [0.1, 0.15) is 6.61 Å². The summed E-state index contributed by atoms with van der Waals surface area (Å²) in [5.41, 5.74) is 0. The quantitative estimate of drug-likeness (QED) is 0.209. The summed E-state index contributed by atoms with van der Waals surface area (Å²) in [5.74, 6) is -0.191. The van der Waals surface area contributed by atoms with Crippen LogP contribution >= 0.6 is 0 Å². The Morgan fingerprint density at radius 1 is 0.889 bits per heavy atom. The number of imide groups is 1. The molecule has 1 heterocycles. The fraction of sp³-hybridized carbons (Fsp3) is 0.737. The smallest absolute Gasteiger partial charge is 0.302 e. The van der Waals surface area contributed by atoms with Gasteiger partial charge in [-0.25, -0.2) is 0 Å². The van der Waals surface area contributed by atoms with E-state index >= 15 is 0 Å². The minimum Gasteiger partial charge on any atom is -0.463 e. The number of hydrogen-bond acceptors (Lipinski definition) is 7. The third kappa shape index (κ3) is 4.75. The van der Waals surface area contributed by atoms with Gasteiger partial charge in [-0.2, -0.15) is 0 Å². The molecule has 3 rings (SSSR count). The van der Waals surface area contributed by atoms with Gasteiger partial charge in [-0.3, -0.25) is 19.3 Å². The van der Waals surface area contributed by atoms with Crippen molar-refractivity contribution in [3.05, 3.63) is 12.2 Å². The molecule has 1 aliphatic heterocycles. The van der Waals surface area contributed by atoms with E-state index in [-0.39, 0.29) is 48.1 Å². The van der Waals surface area contributed by atoms with Crippen LogP contribution in [0.25, 0.3) is 0 Å². The fourth-order valence-corrected chi connectivity index (χ4v) is 4.13. The predicted octanol–water partition coefficient (Wildman–Crippen LogP) is 0.406. The van der Waals surface area contributed by atoms with E-state index in [0.29, 0.717) is 46.2 Å². The average molecular weight is 381 g/mol. The van der Waals surface area contributed by atoms with Gasteiger partial charge in [-0.15, -0.1) is 0 Å². The largest absolute Gasteiger partial charge is 0.463 e. The van der Waals surface area contributed by atoms with Crippen molar-refractivity contribution in [3.8, 4) is 0 Å². The van der Waals surface area contributed by atoms with E-state index in [1.807, 2.05) is 0 Å². The first-order valence-corrected chi connectivity index (χ1v) is 9.49. The molecule has 4 atom stereocenters. The molecule has 0 aromatic rings. The molecule has 2 bridgehead atoms. The lowest BCUT2D eigenvalue weighted by atomic mass is 9.85. The van der Waals surface area contributed by atoms with Gasteiger partial charge in [-0.05, 0) is 18.3 Å². The number of allylic oxidation sites excluding steroid dienone is 2. The van der Waals surface area contributed by atoms with Gasteiger partial charge >= 0.3 is 5.97 Å². The topological polar surface area (TPSA) is 91.4 Å². The Kier molecular flexibility index (Phi) is 6.98. The van der Waals surface area contributed by atoms with Crippen molar-refractivity contribution in [1.82, 2.24) is 4.90 Å². The van der Waals surface area contributed by atoms with Gasteiger partial charge < -0.3 is 18.9 Å². The lowest BCUT2D eigenvalue weighted by Crippen LogP contribution is -2.35. The summed E-state index contributed by atoms with van der Waals surface area (Å²) >= 11 is 0. The lowest BCUT2D eigenvalue weighted by Gasteiger charge is -2.17. The highest BCUT2D eigenvalue weighted by Crippen LogP contribution is 2.52. The van der Waals surface area contributed by atoms with Crippen molar-refractivity contribution in [2.75, 3.05) is 52.8 Å². The van der Waals surface area contributed by atoms with Crippen LogP contribution in [-0.2, 0) is 33.3 Å². The molecule has 1 saturated heterocycles. The number of hydrogen-bond donors (Lipinski definition) is 0. The number of nitrogens with zero attached hydrogens (tertiary/aromatic N) is 1. The molecule has 8 nitrogen and oxygen atoms in total. The molecule has 1 saturated carbocycles. The molecule has 0 aromatic carbocycles. The summed E-state index contributed by atoms with van der Waals surface area (Å²) in [6.07, 6.45) is 5.13. The van der Waals surface area contributed by atoms with Gasteiger partial charge in [0.2, 0.25) is 11.8 Å². The SMILES string of the molecule is CC(=O)OCCOCCOCCOCCN1C(=O)[C@@H]2[C@H](C1=O)[C@H]1C=C[C@@H]2C1. The Morgan fingerprint density at radius 2 is 1.37 bits per heavy atom. The van der Waals surface area contributed by atoms with Crippen LogP contribution in [-0.4, -0.2) is 75.5 Å². The van der Waals surface area contributed by atoms with E-state index in [2.05, 4.69) is 12.2 Å². The van der Waals surface area contributed by atoms with Gasteiger partial charge in [0.25, 0.3) is 0 Å². The lowest BCUT2D eigenvalue weighted by molar-refractivity contribution is -0.143. The Balaban J connectivity index is 1.19. The van der Waals surface area contributed by atoms with E-state index in [9.17, 15) is 14.4 Å². The van der Waals surface area contributed by atoms with Crippen LogP contribution < -0.4 is 0 Å². The third-order valence-corrected chi connectivity index (χ3v) is 5.30. The Bertz CT molecular complexity index is 561. The van der Waals surface area contributed by atoms with E-state index in [4.69, 9.17) is 18.9 Å². The fourth-order valence-electron chi connectivity index (χ4n) is 4.13. The Labute approximate surface area is 158 Å². The molecule has 3 aliphatic rings. The van der Waals surface area contributed by atoms with Crippen molar-refractivity contribution in [3.63, 3.8) is 0 Å². The normalized spacial score (nSPS) is 28.3. The van der Waals surface area contributed by atoms with Crippen molar-refractivity contribution < 1.29 is 33.3 Å². The Hall–Kier alpha value is -1.77. The zero-order chi connectivity index (χ0) is 19.2. The summed E-state index contributed by atoms with van der Waals surface area (Å²) < 4.78 is 20.8. The molecule has 0 N–H and O–H groups in total. The maximum atomic E-state index is 12.5. The standard InChI is InChI=1S/C19H27NO7/c1-13(21)27-11-10-26-9-8-25-7-6-24-5-4-20-18(22)16-14-2-3-15(12-14)17(16)19(20)23/h2-3,14-17H,4-12H2,1H3/t14-,15+,16+,17-. The summed E-state index contributed by atoms with van der Waals surface area (Å²) in [6.45, 7) is 4.21. The molecule has 2 fully saturated rings. The van der Waals surface area contributed by atoms with Crippen LogP contribution in [0.3, 0.4) is 0 Å². The highest BCUT2D eigenvalue weighted by molar-refractivity contribution is 6.06. The monoisotopic (exact) mass is 381 g/mol. The summed E-state index contributed by atoms with van der Waals surface area (Å²) in [4.78, 5) is 36.9. The second-order valence-electron chi connectivity index (χ2n) is 7.01. The molecule has 2 amide bonds. The molecule has 0 aromatic heterocycles. The highest BCUT2D eigenvalue weighted by Gasteiger charge is 2.58. The second kappa shape index (κ2) is 9.43. The minimum atomic E-state index is -0.323. The van der Waals surface area contributed by atoms with Crippen molar-refractivity contribution >= 4 is 17.8 Å². The molecule has 2 aliphatic carbocycles. The number of esters is 1. The summed E-state index contributed by atoms with van der Waals surface area (Å²) in [6, 6.07) is 0. The van der Waals surface area contributed by atoms with E-state index in [0.717, 1.165) is 6.42 Å². The van der Waals surface area contributed by atoms with Crippen LogP contribution in [0.2, 0.25) is 0 Å².